The van der Waals surface area contributed by atoms with Crippen molar-refractivity contribution in [1.29, 1.82) is 0 Å². The Morgan fingerprint density at radius 3 is 2.21 bits per heavy atom. The van der Waals surface area contributed by atoms with Crippen LogP contribution in [0, 0.1) is 0 Å². The summed E-state index contributed by atoms with van der Waals surface area (Å²) < 4.78 is 49.7. The van der Waals surface area contributed by atoms with Gasteiger partial charge in [-0.2, -0.15) is 10.1 Å². The van der Waals surface area contributed by atoms with Crippen molar-refractivity contribution in [1.82, 2.24) is 9.29 Å². The molecule has 11 nitrogen and oxygen atoms in total. The number of amides is 1. The quantitative estimate of drug-likeness (QED) is 0.142. The smallest absolute Gasteiger partial charge is 0.280 e. The number of fused-ring (bicyclic) bond motifs is 1. The normalized spacial score (nSPS) is 11.7. The van der Waals surface area contributed by atoms with Gasteiger partial charge in [-0.1, -0.05) is 24.7 Å². The van der Waals surface area contributed by atoms with E-state index in [4.69, 9.17) is 18.9 Å². The Labute approximate surface area is 255 Å². The van der Waals surface area contributed by atoms with E-state index in [2.05, 4.69) is 10.1 Å². The molecule has 43 heavy (non-hydrogen) atoms. The number of nitrogens with zero attached hydrogens (tertiary/aromatic N) is 4. The van der Waals surface area contributed by atoms with Gasteiger partial charge in [-0.15, -0.1) is 0 Å². The fourth-order valence-corrected chi connectivity index (χ4v) is 6.33. The second-order valence-corrected chi connectivity index (χ2v) is 12.4. The van der Waals surface area contributed by atoms with Crippen LogP contribution in [0.5, 0.6) is 23.0 Å². The minimum Gasteiger partial charge on any atom is -0.497 e. The van der Waals surface area contributed by atoms with E-state index >= 15 is 0 Å². The van der Waals surface area contributed by atoms with E-state index < -0.39 is 15.9 Å². The Morgan fingerprint density at radius 1 is 0.953 bits per heavy atom. The lowest BCUT2D eigenvalue weighted by Crippen LogP contribution is -2.28. The molecule has 1 aromatic heterocycles. The van der Waals surface area contributed by atoms with Crippen molar-refractivity contribution in [2.24, 2.45) is 5.10 Å². The molecule has 0 spiro atoms. The van der Waals surface area contributed by atoms with Crippen molar-refractivity contribution in [2.45, 2.75) is 24.7 Å². The number of thiazole rings is 1. The number of hydrazone groups is 1. The Balaban J connectivity index is 1.74. The van der Waals surface area contributed by atoms with Gasteiger partial charge in [-0.3, -0.25) is 4.79 Å². The molecule has 0 N–H and O–H groups in total. The molecule has 228 valence electrons. The number of carbonyl (C=O) groups is 1. The highest BCUT2D eigenvalue weighted by molar-refractivity contribution is 7.89. The van der Waals surface area contributed by atoms with Gasteiger partial charge in [-0.05, 0) is 61.0 Å². The number of anilines is 1. The standard InChI is InChI=1S/C30H34N4O7S2/c1-7-8-15-33(2)43(36,37)23-12-9-21(10-13-23)29(35)34(30-32-24-14-11-22(38-3)18-27(24)42-30)31-19-20-16-25(39-4)28(41-6)26(17-20)40-5/h9-14,16-19H,7-8,15H2,1-6H3/b31-19+. The van der Waals surface area contributed by atoms with Crippen LogP contribution in [0.15, 0.2) is 64.6 Å². The Morgan fingerprint density at radius 2 is 1.63 bits per heavy atom. The number of carbonyl (C=O) groups excluding carboxylic acids is 1. The first-order valence-corrected chi connectivity index (χ1v) is 15.6. The number of benzene rings is 3. The molecule has 0 radical (unpaired) electrons. The minimum absolute atomic E-state index is 0.0993. The summed E-state index contributed by atoms with van der Waals surface area (Å²) >= 11 is 1.26. The average Bonchev–Trinajstić information content (AvgIpc) is 3.45. The molecular formula is C30H34N4O7S2. The zero-order chi connectivity index (χ0) is 31.1. The van der Waals surface area contributed by atoms with Crippen LogP contribution >= 0.6 is 11.3 Å². The predicted octanol–water partition coefficient (Wildman–Crippen LogP) is 5.43. The number of sulfonamides is 1. The van der Waals surface area contributed by atoms with Crippen LogP contribution in [-0.4, -0.2) is 71.9 Å². The van der Waals surface area contributed by atoms with Gasteiger partial charge in [0.05, 0.1) is 49.8 Å². The summed E-state index contributed by atoms with van der Waals surface area (Å²) in [5.74, 6) is 1.42. The second-order valence-electron chi connectivity index (χ2n) is 9.35. The Hall–Kier alpha value is -4.20. The number of rotatable bonds is 13. The van der Waals surface area contributed by atoms with Crippen LogP contribution in [0.4, 0.5) is 5.13 Å². The summed E-state index contributed by atoms with van der Waals surface area (Å²) in [5.41, 5.74) is 1.47. The molecule has 0 bridgehead atoms. The van der Waals surface area contributed by atoms with E-state index in [9.17, 15) is 13.2 Å². The summed E-state index contributed by atoms with van der Waals surface area (Å²) in [5, 5.41) is 6.01. The fraction of sp³-hybridized carbons (Fsp3) is 0.300. The van der Waals surface area contributed by atoms with Gasteiger partial charge >= 0.3 is 0 Å². The van der Waals surface area contributed by atoms with E-state index in [-0.39, 0.29) is 10.5 Å². The molecule has 0 saturated heterocycles. The topological polar surface area (TPSA) is 120 Å². The van der Waals surface area contributed by atoms with Crippen LogP contribution < -0.4 is 24.0 Å². The number of hydrogen-bond donors (Lipinski definition) is 0. The van der Waals surface area contributed by atoms with Gasteiger partial charge in [0.1, 0.15) is 5.75 Å². The lowest BCUT2D eigenvalue weighted by molar-refractivity contribution is 0.0987. The predicted molar refractivity (Wildman–Crippen MR) is 168 cm³/mol. The highest BCUT2D eigenvalue weighted by Crippen LogP contribution is 2.38. The van der Waals surface area contributed by atoms with Crippen LogP contribution in [0.3, 0.4) is 0 Å². The molecular weight excluding hydrogens is 592 g/mol. The SMILES string of the molecule is CCCCN(C)S(=O)(=O)c1ccc(C(=O)N(/N=C/c2cc(OC)c(OC)c(OC)c2)c2nc3ccc(OC)cc3s2)cc1. The zero-order valence-electron chi connectivity index (χ0n) is 24.9. The number of ether oxygens (including phenoxy) is 4. The maximum atomic E-state index is 13.9. The molecule has 0 fully saturated rings. The molecule has 4 rings (SSSR count). The third-order valence-corrected chi connectivity index (χ3v) is 9.47. The highest BCUT2D eigenvalue weighted by atomic mass is 32.2. The molecule has 0 unspecified atom stereocenters. The number of aromatic nitrogens is 1. The van der Waals surface area contributed by atoms with Gasteiger partial charge in [0.2, 0.25) is 20.9 Å². The molecule has 1 amide bonds. The first kappa shape index (κ1) is 31.7. The molecule has 0 atom stereocenters. The van der Waals surface area contributed by atoms with E-state index in [0.29, 0.717) is 45.8 Å². The molecule has 0 aliphatic rings. The summed E-state index contributed by atoms with van der Waals surface area (Å²) in [4.78, 5) is 18.6. The molecule has 0 aliphatic carbocycles. The van der Waals surface area contributed by atoms with E-state index in [1.165, 1.54) is 72.5 Å². The summed E-state index contributed by atoms with van der Waals surface area (Å²) in [6.45, 7) is 2.41. The van der Waals surface area contributed by atoms with Crippen molar-refractivity contribution >= 4 is 48.8 Å². The lowest BCUT2D eigenvalue weighted by atomic mass is 10.2. The fourth-order valence-electron chi connectivity index (χ4n) is 4.17. The van der Waals surface area contributed by atoms with E-state index in [1.807, 2.05) is 13.0 Å². The molecule has 0 aliphatic heterocycles. The molecule has 4 aromatic rings. The first-order valence-electron chi connectivity index (χ1n) is 13.4. The van der Waals surface area contributed by atoms with Gasteiger partial charge in [0, 0.05) is 24.7 Å². The van der Waals surface area contributed by atoms with Crippen molar-refractivity contribution in [2.75, 3.05) is 47.0 Å². The van der Waals surface area contributed by atoms with Crippen molar-refractivity contribution in [3.63, 3.8) is 0 Å². The second kappa shape index (κ2) is 13.8. The van der Waals surface area contributed by atoms with Gasteiger partial charge in [0.15, 0.2) is 11.5 Å². The molecule has 3 aromatic carbocycles. The highest BCUT2D eigenvalue weighted by Gasteiger charge is 2.24. The van der Waals surface area contributed by atoms with Crippen molar-refractivity contribution in [3.05, 3.63) is 65.7 Å². The number of unbranched alkanes of at least 4 members (excludes halogenated alkanes) is 1. The van der Waals surface area contributed by atoms with Gasteiger partial charge in [-0.25, -0.2) is 17.7 Å². The summed E-state index contributed by atoms with van der Waals surface area (Å²) in [6, 6.07) is 14.6. The average molecular weight is 627 g/mol. The lowest BCUT2D eigenvalue weighted by Gasteiger charge is -2.17. The maximum Gasteiger partial charge on any atom is 0.280 e. The first-order chi connectivity index (χ1) is 20.7. The maximum absolute atomic E-state index is 13.9. The van der Waals surface area contributed by atoms with Crippen molar-refractivity contribution in [3.8, 4) is 23.0 Å². The Kier molecular flexibility index (Phi) is 10.2. The largest absolute Gasteiger partial charge is 0.497 e. The van der Waals surface area contributed by atoms with Crippen LogP contribution in [0.25, 0.3) is 10.2 Å². The van der Waals surface area contributed by atoms with E-state index in [0.717, 1.165) is 17.5 Å². The third-order valence-electron chi connectivity index (χ3n) is 6.60. The minimum atomic E-state index is -3.69. The van der Waals surface area contributed by atoms with Crippen molar-refractivity contribution < 1.29 is 32.2 Å². The molecule has 1 heterocycles. The van der Waals surface area contributed by atoms with E-state index in [1.54, 1.807) is 38.4 Å². The van der Waals surface area contributed by atoms with Crippen LogP contribution in [0.2, 0.25) is 0 Å². The van der Waals surface area contributed by atoms with Gasteiger partial charge < -0.3 is 18.9 Å². The Bertz CT molecular complexity index is 1700. The number of hydrogen-bond acceptors (Lipinski definition) is 10. The molecule has 13 heteroatoms. The van der Waals surface area contributed by atoms with Gasteiger partial charge in [0.25, 0.3) is 5.91 Å². The van der Waals surface area contributed by atoms with Crippen LogP contribution in [-0.2, 0) is 10.0 Å². The summed E-state index contributed by atoms with van der Waals surface area (Å²) in [7, 11) is 3.96. The number of methoxy groups -OCH3 is 4. The monoisotopic (exact) mass is 626 g/mol. The van der Waals surface area contributed by atoms with Crippen LogP contribution in [0.1, 0.15) is 35.7 Å². The molecule has 0 saturated carbocycles. The summed E-state index contributed by atoms with van der Waals surface area (Å²) in [6.07, 6.45) is 3.11. The third kappa shape index (κ3) is 6.90. The zero-order valence-corrected chi connectivity index (χ0v) is 26.5.